The van der Waals surface area contributed by atoms with Gasteiger partial charge in [-0.3, -0.25) is 50.5 Å². The zero-order valence-corrected chi connectivity index (χ0v) is 36.2. The topological polar surface area (TPSA) is 311 Å². The van der Waals surface area contributed by atoms with Crippen LogP contribution in [0.4, 0.5) is 9.18 Å². The Labute approximate surface area is 371 Å². The number of aliphatic hydroxyl groups excluding tert-OH is 1. The van der Waals surface area contributed by atoms with Crippen molar-refractivity contribution >= 4 is 29.7 Å². The van der Waals surface area contributed by atoms with Crippen molar-refractivity contribution in [2.75, 3.05) is 33.5 Å². The fourth-order valence-corrected chi connectivity index (χ4v) is 10.4. The second-order valence-corrected chi connectivity index (χ2v) is 16.9. The number of halogens is 1. The van der Waals surface area contributed by atoms with Gasteiger partial charge in [-0.25, -0.2) is 23.7 Å². The lowest BCUT2D eigenvalue weighted by molar-refractivity contribution is -0.527. The number of benzene rings is 1. The lowest BCUT2D eigenvalue weighted by Crippen LogP contribution is -2.70. The van der Waals surface area contributed by atoms with E-state index < -0.39 is 105 Å². The summed E-state index contributed by atoms with van der Waals surface area (Å²) in [6.45, 7) is 3.07. The molecule has 0 aliphatic heterocycles. The molecule has 23 nitrogen and oxygen atoms in total. The van der Waals surface area contributed by atoms with E-state index in [2.05, 4.69) is 14.5 Å². The number of allylic oxidation sites excluding steroid dienone is 4. The number of carbonyl (C=O) groups excluding carboxylic acids is 5. The number of unbranched alkanes of at least 4 members (excludes halogenated alkanes) is 1. The van der Waals surface area contributed by atoms with Gasteiger partial charge in [0, 0.05) is 29.1 Å². The molecule has 9 atom stereocenters. The first kappa shape index (κ1) is 51.4. The second-order valence-electron chi connectivity index (χ2n) is 16.9. The Balaban J connectivity index is 1.27. The van der Waals surface area contributed by atoms with Crippen LogP contribution in [0.3, 0.4) is 0 Å². The summed E-state index contributed by atoms with van der Waals surface area (Å²) in [6, 6.07) is 3.69. The van der Waals surface area contributed by atoms with Crippen molar-refractivity contribution in [2.24, 2.45) is 28.6 Å². The van der Waals surface area contributed by atoms with Gasteiger partial charge in [-0.15, -0.1) is 0 Å². The predicted molar refractivity (Wildman–Crippen MR) is 208 cm³/mol. The fraction of sp³-hybridized carbons (Fsp3) is 0.634. The first-order chi connectivity index (χ1) is 30.6. The van der Waals surface area contributed by atoms with Crippen LogP contribution < -0.4 is 9.47 Å². The molecule has 4 aliphatic rings. The van der Waals surface area contributed by atoms with Gasteiger partial charge < -0.3 is 28.8 Å². The number of ketones is 2. The van der Waals surface area contributed by atoms with Crippen molar-refractivity contribution in [3.05, 3.63) is 47.6 Å². The summed E-state index contributed by atoms with van der Waals surface area (Å²) < 4.78 is 45.2. The molecule has 7 N–H and O–H groups in total. The van der Waals surface area contributed by atoms with Gasteiger partial charge in [0.1, 0.15) is 12.7 Å². The monoisotopic (exact) mass is 929 g/mol. The molecular formula is C41H56FN3O20. The third-order valence-corrected chi connectivity index (χ3v) is 13.3. The van der Waals surface area contributed by atoms with E-state index in [0.717, 1.165) is 0 Å². The first-order valence-electron chi connectivity index (χ1n) is 20.8. The Kier molecular flexibility index (Phi) is 16.9. The number of carbonyl (C=O) groups is 5. The second kappa shape index (κ2) is 21.4. The molecule has 5 rings (SSSR count). The summed E-state index contributed by atoms with van der Waals surface area (Å²) in [6.07, 6.45) is 0.729. The summed E-state index contributed by atoms with van der Waals surface area (Å²) in [5, 5.41) is 63.2. The van der Waals surface area contributed by atoms with Crippen LogP contribution in [0, 0.1) is 28.6 Å². The number of ether oxygens (including phenoxy) is 5. The van der Waals surface area contributed by atoms with Crippen LogP contribution in [0.1, 0.15) is 88.9 Å². The molecule has 65 heavy (non-hydrogen) atoms. The summed E-state index contributed by atoms with van der Waals surface area (Å²) >= 11 is 0. The van der Waals surface area contributed by atoms with Gasteiger partial charge in [-0.05, 0) is 94.6 Å². The number of aliphatic hydroxyl groups is 1. The molecule has 24 heteroatoms. The quantitative estimate of drug-likeness (QED) is 0.0282. The third-order valence-electron chi connectivity index (χ3n) is 13.3. The Morgan fingerprint density at radius 2 is 1.65 bits per heavy atom. The Morgan fingerprint density at radius 3 is 2.32 bits per heavy atom. The van der Waals surface area contributed by atoms with Gasteiger partial charge in [0.05, 0.1) is 48.2 Å². The van der Waals surface area contributed by atoms with E-state index in [0.29, 0.717) is 18.4 Å². The molecule has 0 aromatic heterocycles. The van der Waals surface area contributed by atoms with Crippen molar-refractivity contribution in [3.8, 4) is 11.5 Å². The number of hydrogen-bond donors (Lipinski definition) is 7. The van der Waals surface area contributed by atoms with E-state index in [-0.39, 0.29) is 81.0 Å². The predicted octanol–water partition coefficient (Wildman–Crippen LogP) is 4.19. The first-order valence-corrected chi connectivity index (χ1v) is 20.8. The van der Waals surface area contributed by atoms with Gasteiger partial charge in [0.15, 0.2) is 35.2 Å². The number of alkyl halides is 1. The average Bonchev–Trinajstić information content (AvgIpc) is 3.45. The maximum Gasteiger partial charge on any atom is 0.514 e. The number of methoxy groups -OCH3 is 1. The minimum Gasteiger partial charge on any atom is -0.493 e. The molecule has 4 aliphatic carbocycles. The Hall–Kier alpha value is -4.54. The number of hydrogen-bond acceptors (Lipinski definition) is 23. The summed E-state index contributed by atoms with van der Waals surface area (Å²) in [5.41, 5.74) is -6.54. The molecule has 3 fully saturated rings. The molecule has 0 heterocycles. The molecule has 3 saturated carbocycles. The van der Waals surface area contributed by atoms with Gasteiger partial charge >= 0.3 is 18.1 Å². The van der Waals surface area contributed by atoms with Gasteiger partial charge in [-0.1, -0.05) is 25.5 Å². The van der Waals surface area contributed by atoms with Gasteiger partial charge in [0.25, 0.3) is 0 Å². The third kappa shape index (κ3) is 10.9. The minimum absolute atomic E-state index is 0.00732. The molecule has 0 spiro atoms. The molecule has 0 bridgehead atoms. The number of rotatable bonds is 22. The van der Waals surface area contributed by atoms with Crippen molar-refractivity contribution in [1.82, 2.24) is 16.2 Å². The molecular weight excluding hydrogens is 873 g/mol. The molecule has 0 radical (unpaired) electrons. The Morgan fingerprint density at radius 1 is 0.923 bits per heavy atom. The number of Topliss-reactive ketones (excluding diaryl/α,β-unsaturated/α-hetero) is 1. The largest absolute Gasteiger partial charge is 0.514 e. The molecule has 0 amide bonds. The molecule has 1 aromatic carbocycles. The standard InChI is InChI=1S/C41H56FN3O20/c1-24-18-30-29-12-11-26-20-27(46)14-15-38(26,2)40(29,42)33(47)21-39(30,3)41(24,64-35(49)9-7-17-61-43(52)53)34(48)23-60-37(51)63-31-13-10-25(19-32(31)58-4)36(50)59-16-6-5-8-28(65-45(56)57)22-62-44(54)55/h10,13-15,19-20,24,28-30,33,47,52-57H,5-9,11-12,16-18,21-23H2,1-4H3/t24-,28?,29?,30?,33?,38+,39+,40+,41+/m1/s1. The van der Waals surface area contributed by atoms with E-state index in [1.807, 2.05) is 0 Å². The highest BCUT2D eigenvalue weighted by atomic mass is 19.1. The molecule has 4 unspecified atom stereocenters. The zero-order valence-electron chi connectivity index (χ0n) is 36.2. The zero-order chi connectivity index (χ0) is 47.9. The number of esters is 2. The van der Waals surface area contributed by atoms with Crippen LogP contribution in [0.15, 0.2) is 42.0 Å². The van der Waals surface area contributed by atoms with Crippen molar-refractivity contribution < 1.29 is 103 Å². The SMILES string of the molecule is COc1cc(C(=O)OCCCCC(CON(O)O)ON(O)O)ccc1OC(=O)OCC(=O)[C@@]1(OC(=O)CCCON(O)O)[C@H](C)CC2C3CCC4=CC(=O)C=C[C@]4(C)[C@@]3(F)C(O)C[C@@]21C. The van der Waals surface area contributed by atoms with Crippen LogP contribution in [-0.4, -0.2) is 139 Å². The normalized spacial score (nSPS) is 29.7. The smallest absolute Gasteiger partial charge is 0.493 e. The average molecular weight is 930 g/mol. The molecule has 0 saturated heterocycles. The lowest BCUT2D eigenvalue weighted by Gasteiger charge is -2.62. The van der Waals surface area contributed by atoms with E-state index in [9.17, 15) is 29.1 Å². The maximum absolute atomic E-state index is 17.9. The van der Waals surface area contributed by atoms with Crippen LogP contribution in [0.25, 0.3) is 0 Å². The van der Waals surface area contributed by atoms with Crippen LogP contribution >= 0.6 is 0 Å². The lowest BCUT2D eigenvalue weighted by atomic mass is 9.44. The van der Waals surface area contributed by atoms with E-state index in [4.69, 9.17) is 54.9 Å². The number of nitrogens with zero attached hydrogens (tertiary/aromatic N) is 3. The van der Waals surface area contributed by atoms with Crippen LogP contribution in [0.2, 0.25) is 0 Å². The summed E-state index contributed by atoms with van der Waals surface area (Å²) in [5.74, 6) is -5.46. The van der Waals surface area contributed by atoms with Crippen LogP contribution in [-0.2, 0) is 43.1 Å². The van der Waals surface area contributed by atoms with Crippen LogP contribution in [0.5, 0.6) is 11.5 Å². The Bertz CT molecular complexity index is 1970. The molecule has 362 valence electrons. The van der Waals surface area contributed by atoms with Gasteiger partial charge in [0.2, 0.25) is 5.78 Å². The van der Waals surface area contributed by atoms with Gasteiger partial charge in [-0.2, -0.15) is 0 Å². The highest BCUT2D eigenvalue weighted by molar-refractivity contribution is 6.01. The highest BCUT2D eigenvalue weighted by Crippen LogP contribution is 2.71. The van der Waals surface area contributed by atoms with E-state index in [1.165, 1.54) is 43.5 Å². The summed E-state index contributed by atoms with van der Waals surface area (Å²) in [4.78, 5) is 80.1. The minimum atomic E-state index is -2.26. The maximum atomic E-state index is 17.9. The van der Waals surface area contributed by atoms with E-state index >= 15 is 4.39 Å². The number of fused-ring (bicyclic) bond motifs is 5. The summed E-state index contributed by atoms with van der Waals surface area (Å²) in [7, 11) is 1.23. The van der Waals surface area contributed by atoms with Crippen molar-refractivity contribution in [3.63, 3.8) is 0 Å². The van der Waals surface area contributed by atoms with E-state index in [1.54, 1.807) is 20.8 Å². The van der Waals surface area contributed by atoms with Crippen molar-refractivity contribution in [2.45, 2.75) is 102 Å². The fourth-order valence-electron chi connectivity index (χ4n) is 10.4. The highest BCUT2D eigenvalue weighted by Gasteiger charge is 2.77. The van der Waals surface area contributed by atoms with Crippen molar-refractivity contribution in [1.29, 1.82) is 0 Å². The molecule has 1 aromatic rings.